The first-order chi connectivity index (χ1) is 6.20. The molecule has 0 N–H and O–H groups in total. The van der Waals surface area contributed by atoms with Gasteiger partial charge in [-0.3, -0.25) is 4.79 Å². The molecule has 1 saturated carbocycles. The van der Waals surface area contributed by atoms with E-state index in [1.807, 2.05) is 0 Å². The van der Waals surface area contributed by atoms with E-state index in [0.717, 1.165) is 12.8 Å². The molecule has 3 heteroatoms. The molecule has 0 spiro atoms. The van der Waals surface area contributed by atoms with E-state index >= 15 is 0 Å². The van der Waals surface area contributed by atoms with Crippen molar-refractivity contribution in [1.82, 2.24) is 0 Å². The van der Waals surface area contributed by atoms with E-state index in [0.29, 0.717) is 12.5 Å². The van der Waals surface area contributed by atoms with Crippen molar-refractivity contribution in [3.63, 3.8) is 0 Å². The lowest BCUT2D eigenvalue weighted by Crippen LogP contribution is -2.20. The third-order valence-electron chi connectivity index (χ3n) is 2.46. The predicted octanol–water partition coefficient (Wildman–Crippen LogP) is 1.70. The van der Waals surface area contributed by atoms with Gasteiger partial charge in [-0.2, -0.15) is 0 Å². The average Bonchev–Trinajstić information content (AvgIpc) is 2.15. The number of ether oxygens (including phenoxy) is 1. The Balaban J connectivity index is 2.17. The molecule has 0 radical (unpaired) electrons. The Morgan fingerprint density at radius 2 is 1.85 bits per heavy atom. The van der Waals surface area contributed by atoms with Gasteiger partial charge in [0, 0.05) is 6.92 Å². The molecule has 1 aliphatic rings. The summed E-state index contributed by atoms with van der Waals surface area (Å²) in [5.74, 6) is -0.710. The molecule has 0 aromatic carbocycles. The van der Waals surface area contributed by atoms with Crippen LogP contribution in [0, 0.1) is 5.92 Å². The molecule has 0 bridgehead atoms. The monoisotopic (exact) mass is 184 g/mol. The van der Waals surface area contributed by atoms with Gasteiger partial charge in [-0.1, -0.05) is 19.3 Å². The van der Waals surface area contributed by atoms with Crippen LogP contribution in [0.2, 0.25) is 0 Å². The summed E-state index contributed by atoms with van der Waals surface area (Å²) in [5, 5.41) is 0. The Bertz CT molecular complexity index is 192. The van der Waals surface area contributed by atoms with Crippen LogP contribution in [-0.4, -0.2) is 18.4 Å². The van der Waals surface area contributed by atoms with Crippen molar-refractivity contribution in [1.29, 1.82) is 0 Å². The molecule has 0 unspecified atom stereocenters. The molecule has 0 aromatic rings. The van der Waals surface area contributed by atoms with Gasteiger partial charge in [0.05, 0.1) is 6.61 Å². The van der Waals surface area contributed by atoms with Crippen molar-refractivity contribution in [3.8, 4) is 0 Å². The van der Waals surface area contributed by atoms with Gasteiger partial charge in [-0.05, 0) is 18.8 Å². The zero-order chi connectivity index (χ0) is 9.68. The van der Waals surface area contributed by atoms with Gasteiger partial charge in [0.1, 0.15) is 0 Å². The molecule has 1 rings (SSSR count). The van der Waals surface area contributed by atoms with Gasteiger partial charge in [0.25, 0.3) is 0 Å². The lowest BCUT2D eigenvalue weighted by molar-refractivity contribution is -0.154. The summed E-state index contributed by atoms with van der Waals surface area (Å²) in [5.41, 5.74) is 0. The summed E-state index contributed by atoms with van der Waals surface area (Å²) in [7, 11) is 0. The second-order valence-electron chi connectivity index (χ2n) is 3.66. The smallest absolute Gasteiger partial charge is 0.374 e. The van der Waals surface area contributed by atoms with Crippen LogP contribution in [0.15, 0.2) is 0 Å². The normalized spacial score (nSPS) is 18.2. The van der Waals surface area contributed by atoms with Crippen LogP contribution in [0.25, 0.3) is 0 Å². The number of hydrogen-bond donors (Lipinski definition) is 0. The molecule has 0 amide bonds. The highest BCUT2D eigenvalue weighted by Crippen LogP contribution is 2.23. The lowest BCUT2D eigenvalue weighted by atomic mass is 9.90. The molecule has 74 valence electrons. The van der Waals surface area contributed by atoms with Crippen molar-refractivity contribution < 1.29 is 14.3 Å². The molecule has 0 aliphatic heterocycles. The Morgan fingerprint density at radius 1 is 1.23 bits per heavy atom. The van der Waals surface area contributed by atoms with E-state index in [1.165, 1.54) is 26.2 Å². The van der Waals surface area contributed by atoms with Gasteiger partial charge in [-0.25, -0.2) is 4.79 Å². The highest BCUT2D eigenvalue weighted by Gasteiger charge is 2.16. The summed E-state index contributed by atoms with van der Waals surface area (Å²) < 4.78 is 4.85. The Morgan fingerprint density at radius 3 is 2.38 bits per heavy atom. The minimum absolute atomic E-state index is 0.429. The van der Waals surface area contributed by atoms with Crippen LogP contribution >= 0.6 is 0 Å². The minimum atomic E-state index is -0.689. The lowest BCUT2D eigenvalue weighted by Gasteiger charge is -2.20. The quantitative estimate of drug-likeness (QED) is 0.495. The molecule has 0 saturated heterocycles. The minimum Gasteiger partial charge on any atom is -0.460 e. The van der Waals surface area contributed by atoms with Crippen LogP contribution in [0.3, 0.4) is 0 Å². The third-order valence-corrected chi connectivity index (χ3v) is 2.46. The molecular weight excluding hydrogens is 168 g/mol. The van der Waals surface area contributed by atoms with Gasteiger partial charge >= 0.3 is 5.97 Å². The number of carbonyl (C=O) groups is 2. The maximum atomic E-state index is 10.8. The number of hydrogen-bond acceptors (Lipinski definition) is 3. The van der Waals surface area contributed by atoms with Crippen molar-refractivity contribution in [2.24, 2.45) is 5.92 Å². The van der Waals surface area contributed by atoms with Gasteiger partial charge in [0.15, 0.2) is 0 Å². The van der Waals surface area contributed by atoms with E-state index in [1.54, 1.807) is 0 Å². The maximum Gasteiger partial charge on any atom is 0.374 e. The largest absolute Gasteiger partial charge is 0.460 e. The number of ketones is 1. The summed E-state index contributed by atoms with van der Waals surface area (Å²) in [6, 6.07) is 0. The molecule has 1 fully saturated rings. The first-order valence-corrected chi connectivity index (χ1v) is 4.88. The zero-order valence-electron chi connectivity index (χ0n) is 8.04. The number of esters is 1. The van der Waals surface area contributed by atoms with Crippen LogP contribution in [0.1, 0.15) is 39.0 Å². The standard InChI is InChI=1S/C10H16O3/c1-8(11)10(12)13-7-9-5-3-2-4-6-9/h9H,2-7H2,1H3. The highest BCUT2D eigenvalue weighted by molar-refractivity contribution is 6.32. The van der Waals surface area contributed by atoms with E-state index in [-0.39, 0.29) is 0 Å². The Hall–Kier alpha value is -0.860. The fraction of sp³-hybridized carbons (Fsp3) is 0.800. The highest BCUT2D eigenvalue weighted by atomic mass is 16.5. The van der Waals surface area contributed by atoms with E-state index in [2.05, 4.69) is 0 Å². The van der Waals surface area contributed by atoms with Crippen LogP contribution < -0.4 is 0 Å². The molecular formula is C10H16O3. The van der Waals surface area contributed by atoms with Crippen molar-refractivity contribution >= 4 is 11.8 Å². The van der Waals surface area contributed by atoms with Crippen molar-refractivity contribution in [2.45, 2.75) is 39.0 Å². The predicted molar refractivity (Wildman–Crippen MR) is 48.2 cm³/mol. The SMILES string of the molecule is CC(=O)C(=O)OCC1CCCCC1. The number of carbonyl (C=O) groups excluding carboxylic acids is 2. The first kappa shape index (κ1) is 10.2. The number of Topliss-reactive ketones (excluding diaryl/α,β-unsaturated/α-hetero) is 1. The Kier molecular flexibility index (Phi) is 3.93. The Labute approximate surface area is 78.5 Å². The second-order valence-corrected chi connectivity index (χ2v) is 3.66. The van der Waals surface area contributed by atoms with Crippen molar-refractivity contribution in [2.75, 3.05) is 6.61 Å². The second kappa shape index (κ2) is 5.00. The molecule has 1 aliphatic carbocycles. The zero-order valence-corrected chi connectivity index (χ0v) is 8.04. The van der Waals surface area contributed by atoms with Gasteiger partial charge < -0.3 is 4.74 Å². The summed E-state index contributed by atoms with van der Waals surface area (Å²) in [6.45, 7) is 1.67. The summed E-state index contributed by atoms with van der Waals surface area (Å²) >= 11 is 0. The van der Waals surface area contributed by atoms with E-state index in [4.69, 9.17) is 4.74 Å². The first-order valence-electron chi connectivity index (χ1n) is 4.88. The van der Waals surface area contributed by atoms with E-state index in [9.17, 15) is 9.59 Å². The van der Waals surface area contributed by atoms with Crippen LogP contribution in [0.4, 0.5) is 0 Å². The average molecular weight is 184 g/mol. The topological polar surface area (TPSA) is 43.4 Å². The van der Waals surface area contributed by atoms with Crippen LogP contribution in [0.5, 0.6) is 0 Å². The molecule has 0 atom stereocenters. The molecule has 13 heavy (non-hydrogen) atoms. The number of rotatable bonds is 3. The van der Waals surface area contributed by atoms with Gasteiger partial charge in [0.2, 0.25) is 5.78 Å². The van der Waals surface area contributed by atoms with Gasteiger partial charge in [-0.15, -0.1) is 0 Å². The molecule has 3 nitrogen and oxygen atoms in total. The summed E-state index contributed by atoms with van der Waals surface area (Å²) in [6.07, 6.45) is 6.00. The fourth-order valence-electron chi connectivity index (χ4n) is 1.65. The fourth-order valence-corrected chi connectivity index (χ4v) is 1.65. The van der Waals surface area contributed by atoms with Crippen LogP contribution in [-0.2, 0) is 14.3 Å². The van der Waals surface area contributed by atoms with E-state index < -0.39 is 11.8 Å². The molecule has 0 aromatic heterocycles. The van der Waals surface area contributed by atoms with Crippen molar-refractivity contribution in [3.05, 3.63) is 0 Å². The maximum absolute atomic E-state index is 10.8. The summed E-state index contributed by atoms with van der Waals surface area (Å²) in [4.78, 5) is 21.4. The molecule has 0 heterocycles. The third kappa shape index (κ3) is 3.57.